The van der Waals surface area contributed by atoms with Gasteiger partial charge >= 0.3 is 0 Å². The molecule has 1 amide bonds. The summed E-state index contributed by atoms with van der Waals surface area (Å²) in [5.74, 6) is 0.197. The van der Waals surface area contributed by atoms with Crippen molar-refractivity contribution in [3.63, 3.8) is 0 Å². The standard InChI is InChI=1S/C15H22N2O/c1-4-15(2,3)10-17-11-16-13(14(17)18)12-8-6-5-7-9-12/h5-9,13,16H,4,10-11H2,1-3H3. The number of carbonyl (C=O) groups is 1. The molecule has 0 aromatic heterocycles. The van der Waals surface area contributed by atoms with Crippen LogP contribution >= 0.6 is 0 Å². The van der Waals surface area contributed by atoms with E-state index in [2.05, 4.69) is 26.1 Å². The molecule has 1 heterocycles. The molecule has 1 saturated heterocycles. The lowest BCUT2D eigenvalue weighted by atomic mass is 9.89. The molecule has 1 fully saturated rings. The summed E-state index contributed by atoms with van der Waals surface area (Å²) in [6.07, 6.45) is 1.08. The van der Waals surface area contributed by atoms with Crippen LogP contribution in [-0.2, 0) is 4.79 Å². The highest BCUT2D eigenvalue weighted by Crippen LogP contribution is 2.26. The van der Waals surface area contributed by atoms with E-state index in [1.54, 1.807) is 0 Å². The van der Waals surface area contributed by atoms with Crippen molar-refractivity contribution in [2.45, 2.75) is 33.2 Å². The van der Waals surface area contributed by atoms with Crippen molar-refractivity contribution in [2.75, 3.05) is 13.2 Å². The molecule has 98 valence electrons. The number of benzene rings is 1. The molecule has 1 aromatic rings. The molecule has 3 nitrogen and oxygen atoms in total. The Labute approximate surface area is 109 Å². The summed E-state index contributed by atoms with van der Waals surface area (Å²) in [5.41, 5.74) is 1.24. The first kappa shape index (κ1) is 13.1. The van der Waals surface area contributed by atoms with Gasteiger partial charge in [-0.05, 0) is 17.4 Å². The highest BCUT2D eigenvalue weighted by Gasteiger charge is 2.34. The number of carbonyl (C=O) groups excluding carboxylic acids is 1. The number of hydrogen-bond donors (Lipinski definition) is 1. The van der Waals surface area contributed by atoms with Crippen LogP contribution in [0.1, 0.15) is 38.8 Å². The van der Waals surface area contributed by atoms with Gasteiger partial charge < -0.3 is 4.90 Å². The smallest absolute Gasteiger partial charge is 0.245 e. The van der Waals surface area contributed by atoms with Crippen molar-refractivity contribution in [2.24, 2.45) is 5.41 Å². The van der Waals surface area contributed by atoms with Crippen LogP contribution in [0.5, 0.6) is 0 Å². The van der Waals surface area contributed by atoms with E-state index in [4.69, 9.17) is 0 Å². The fraction of sp³-hybridized carbons (Fsp3) is 0.533. The first-order valence-electron chi connectivity index (χ1n) is 6.60. The summed E-state index contributed by atoms with van der Waals surface area (Å²) in [5, 5.41) is 3.30. The molecule has 1 aromatic carbocycles. The maximum Gasteiger partial charge on any atom is 0.245 e. The minimum Gasteiger partial charge on any atom is -0.328 e. The Bertz CT molecular complexity index is 414. The maximum absolute atomic E-state index is 12.4. The van der Waals surface area contributed by atoms with Crippen molar-refractivity contribution >= 4 is 5.91 Å². The molecule has 0 saturated carbocycles. The summed E-state index contributed by atoms with van der Waals surface area (Å²) in [6, 6.07) is 9.76. The van der Waals surface area contributed by atoms with Crippen molar-refractivity contribution in [3.8, 4) is 0 Å². The summed E-state index contributed by atoms with van der Waals surface area (Å²) >= 11 is 0. The minimum absolute atomic E-state index is 0.168. The van der Waals surface area contributed by atoms with Crippen LogP contribution in [0.25, 0.3) is 0 Å². The van der Waals surface area contributed by atoms with Gasteiger partial charge in [-0.25, -0.2) is 0 Å². The first-order chi connectivity index (χ1) is 8.53. The normalized spacial score (nSPS) is 20.5. The van der Waals surface area contributed by atoms with Gasteiger partial charge in [0.25, 0.3) is 0 Å². The van der Waals surface area contributed by atoms with Crippen LogP contribution in [-0.4, -0.2) is 24.0 Å². The highest BCUT2D eigenvalue weighted by molar-refractivity contribution is 5.85. The van der Waals surface area contributed by atoms with Gasteiger partial charge in [0, 0.05) is 6.54 Å². The predicted molar refractivity (Wildman–Crippen MR) is 73.0 cm³/mol. The molecule has 0 radical (unpaired) electrons. The fourth-order valence-corrected chi connectivity index (χ4v) is 2.22. The van der Waals surface area contributed by atoms with Crippen LogP contribution in [0.15, 0.2) is 30.3 Å². The Morgan fingerprint density at radius 3 is 2.61 bits per heavy atom. The third-order valence-electron chi connectivity index (χ3n) is 3.75. The molecule has 0 spiro atoms. The van der Waals surface area contributed by atoms with Crippen molar-refractivity contribution < 1.29 is 4.79 Å². The molecule has 2 rings (SSSR count). The zero-order valence-electron chi connectivity index (χ0n) is 11.4. The molecule has 1 aliphatic heterocycles. The number of nitrogens with zero attached hydrogens (tertiary/aromatic N) is 1. The first-order valence-corrected chi connectivity index (χ1v) is 6.60. The Balaban J connectivity index is 2.06. The molecule has 0 bridgehead atoms. The van der Waals surface area contributed by atoms with Gasteiger partial charge in [-0.15, -0.1) is 0 Å². The largest absolute Gasteiger partial charge is 0.328 e. The van der Waals surface area contributed by atoms with Gasteiger partial charge in [0.2, 0.25) is 5.91 Å². The molecular weight excluding hydrogens is 224 g/mol. The minimum atomic E-state index is -0.168. The lowest BCUT2D eigenvalue weighted by molar-refractivity contribution is -0.130. The average Bonchev–Trinajstić information content (AvgIpc) is 2.72. The van der Waals surface area contributed by atoms with Crippen molar-refractivity contribution in [3.05, 3.63) is 35.9 Å². The number of hydrogen-bond acceptors (Lipinski definition) is 2. The molecule has 3 heteroatoms. The number of nitrogens with one attached hydrogen (secondary N) is 1. The molecule has 0 aliphatic carbocycles. The Morgan fingerprint density at radius 1 is 1.33 bits per heavy atom. The third kappa shape index (κ3) is 2.72. The van der Waals surface area contributed by atoms with Gasteiger partial charge in [-0.2, -0.15) is 0 Å². The lowest BCUT2D eigenvalue weighted by Gasteiger charge is -2.28. The Hall–Kier alpha value is -1.35. The topological polar surface area (TPSA) is 32.3 Å². The van der Waals surface area contributed by atoms with E-state index in [0.717, 1.165) is 18.5 Å². The van der Waals surface area contributed by atoms with Gasteiger partial charge in [0.1, 0.15) is 6.04 Å². The molecule has 1 atom stereocenters. The van der Waals surface area contributed by atoms with Crippen LogP contribution in [0.4, 0.5) is 0 Å². The summed E-state index contributed by atoms with van der Waals surface area (Å²) < 4.78 is 0. The number of rotatable bonds is 4. The molecular formula is C15H22N2O. The van der Waals surface area contributed by atoms with E-state index in [9.17, 15) is 4.79 Å². The van der Waals surface area contributed by atoms with E-state index >= 15 is 0 Å². The molecule has 1 unspecified atom stereocenters. The second-order valence-corrected chi connectivity index (χ2v) is 5.76. The Kier molecular flexibility index (Phi) is 3.71. The maximum atomic E-state index is 12.4. The van der Waals surface area contributed by atoms with Gasteiger partial charge in [0.05, 0.1) is 6.67 Å². The highest BCUT2D eigenvalue weighted by atomic mass is 16.2. The number of amides is 1. The average molecular weight is 246 g/mol. The van der Waals surface area contributed by atoms with Gasteiger partial charge in [0.15, 0.2) is 0 Å². The zero-order valence-corrected chi connectivity index (χ0v) is 11.4. The summed E-state index contributed by atoms with van der Waals surface area (Å²) in [4.78, 5) is 14.3. The van der Waals surface area contributed by atoms with Crippen molar-refractivity contribution in [1.82, 2.24) is 10.2 Å². The fourth-order valence-electron chi connectivity index (χ4n) is 2.22. The summed E-state index contributed by atoms with van der Waals surface area (Å²) in [7, 11) is 0. The zero-order chi connectivity index (χ0) is 13.2. The van der Waals surface area contributed by atoms with E-state index in [1.807, 2.05) is 35.2 Å². The van der Waals surface area contributed by atoms with E-state index in [1.165, 1.54) is 0 Å². The Morgan fingerprint density at radius 2 is 2.00 bits per heavy atom. The molecule has 1 N–H and O–H groups in total. The second-order valence-electron chi connectivity index (χ2n) is 5.76. The van der Waals surface area contributed by atoms with Gasteiger partial charge in [-0.1, -0.05) is 51.1 Å². The van der Waals surface area contributed by atoms with Crippen LogP contribution in [0.2, 0.25) is 0 Å². The SMILES string of the molecule is CCC(C)(C)CN1CNC(c2ccccc2)C1=O. The van der Waals surface area contributed by atoms with E-state index in [0.29, 0.717) is 6.67 Å². The molecule has 1 aliphatic rings. The van der Waals surface area contributed by atoms with E-state index < -0.39 is 0 Å². The van der Waals surface area contributed by atoms with Crippen molar-refractivity contribution in [1.29, 1.82) is 0 Å². The van der Waals surface area contributed by atoms with Crippen LogP contribution < -0.4 is 5.32 Å². The monoisotopic (exact) mass is 246 g/mol. The van der Waals surface area contributed by atoms with Gasteiger partial charge in [-0.3, -0.25) is 10.1 Å². The third-order valence-corrected chi connectivity index (χ3v) is 3.75. The summed E-state index contributed by atoms with van der Waals surface area (Å²) in [6.45, 7) is 8.05. The second kappa shape index (κ2) is 5.11. The molecule has 18 heavy (non-hydrogen) atoms. The lowest BCUT2D eigenvalue weighted by Crippen LogP contribution is -2.36. The van der Waals surface area contributed by atoms with Crippen LogP contribution in [0, 0.1) is 5.41 Å². The quantitative estimate of drug-likeness (QED) is 0.885. The van der Waals surface area contributed by atoms with Crippen LogP contribution in [0.3, 0.4) is 0 Å². The van der Waals surface area contributed by atoms with E-state index in [-0.39, 0.29) is 17.4 Å². The predicted octanol–water partition coefficient (Wildman–Crippen LogP) is 2.55.